The molecule has 1 atom stereocenters. The summed E-state index contributed by atoms with van der Waals surface area (Å²) in [5.74, 6) is 0.0112. The lowest BCUT2D eigenvalue weighted by Gasteiger charge is -2.35. The maximum absolute atomic E-state index is 13.1. The van der Waals surface area contributed by atoms with E-state index in [0.29, 0.717) is 0 Å². The summed E-state index contributed by atoms with van der Waals surface area (Å²) in [5.41, 5.74) is 1.52. The quantitative estimate of drug-likeness (QED) is 0.841. The summed E-state index contributed by atoms with van der Waals surface area (Å²) in [6.45, 7) is 2.10. The molecule has 1 fully saturated rings. The van der Waals surface area contributed by atoms with E-state index in [9.17, 15) is 13.2 Å². The third-order valence-electron chi connectivity index (χ3n) is 4.23. The molecule has 3 rings (SSSR count). The van der Waals surface area contributed by atoms with Crippen LogP contribution in [0.3, 0.4) is 0 Å². The van der Waals surface area contributed by atoms with Crippen molar-refractivity contribution in [3.8, 4) is 0 Å². The van der Waals surface area contributed by atoms with Crippen LogP contribution in [0.25, 0.3) is 0 Å². The number of rotatable bonds is 2. The van der Waals surface area contributed by atoms with Crippen LogP contribution in [0.4, 0.5) is 16.2 Å². The Bertz CT molecular complexity index is 767. The average molecular weight is 344 g/mol. The van der Waals surface area contributed by atoms with Crippen LogP contribution in [0.15, 0.2) is 60.7 Å². The minimum atomic E-state index is -3.10. The molecule has 2 amide bonds. The van der Waals surface area contributed by atoms with Crippen LogP contribution in [-0.4, -0.2) is 43.4 Å². The molecule has 0 N–H and O–H groups in total. The summed E-state index contributed by atoms with van der Waals surface area (Å²) in [6.07, 6.45) is 0. The first-order chi connectivity index (χ1) is 11.5. The van der Waals surface area contributed by atoms with Gasteiger partial charge in [-0.2, -0.15) is 0 Å². The highest BCUT2D eigenvalue weighted by molar-refractivity contribution is 7.92. The van der Waals surface area contributed by atoms with Gasteiger partial charge in [0.2, 0.25) is 0 Å². The van der Waals surface area contributed by atoms with Crippen molar-refractivity contribution in [2.24, 2.45) is 0 Å². The zero-order chi connectivity index (χ0) is 17.2. The van der Waals surface area contributed by atoms with E-state index in [-0.39, 0.29) is 24.9 Å². The third kappa shape index (κ3) is 3.28. The number of hydrogen-bond acceptors (Lipinski definition) is 3. The van der Waals surface area contributed by atoms with Crippen LogP contribution in [0.1, 0.15) is 6.92 Å². The topological polar surface area (TPSA) is 57.7 Å². The second-order valence-electron chi connectivity index (χ2n) is 5.91. The van der Waals surface area contributed by atoms with Crippen LogP contribution in [0.5, 0.6) is 0 Å². The second-order valence-corrected chi connectivity index (χ2v) is 8.45. The molecule has 1 unspecified atom stereocenters. The normalized spacial score (nSPS) is 19.7. The predicted octanol–water partition coefficient (Wildman–Crippen LogP) is 3.06. The van der Waals surface area contributed by atoms with Gasteiger partial charge in [0.1, 0.15) is 0 Å². The number of para-hydroxylation sites is 2. The number of anilines is 2. The number of amides is 2. The molecule has 126 valence electrons. The van der Waals surface area contributed by atoms with Crippen molar-refractivity contribution >= 4 is 27.2 Å². The molecule has 0 bridgehead atoms. The van der Waals surface area contributed by atoms with Gasteiger partial charge in [-0.3, -0.25) is 4.90 Å². The maximum Gasteiger partial charge on any atom is 0.329 e. The number of benzene rings is 2. The van der Waals surface area contributed by atoms with Crippen molar-refractivity contribution in [1.29, 1.82) is 0 Å². The minimum absolute atomic E-state index is 0.0112. The summed E-state index contributed by atoms with van der Waals surface area (Å²) in [6, 6.07) is 18.6. The lowest BCUT2D eigenvalue weighted by Crippen LogP contribution is -2.51. The molecule has 1 saturated heterocycles. The Morgan fingerprint density at radius 3 is 1.96 bits per heavy atom. The number of carbonyl (C=O) groups excluding carboxylic acids is 1. The van der Waals surface area contributed by atoms with Gasteiger partial charge in [0, 0.05) is 13.1 Å². The molecule has 6 heteroatoms. The first-order valence-corrected chi connectivity index (χ1v) is 9.61. The predicted molar refractivity (Wildman–Crippen MR) is 95.2 cm³/mol. The molecule has 0 aromatic heterocycles. The maximum atomic E-state index is 13.1. The second kappa shape index (κ2) is 6.65. The smallest absolute Gasteiger partial charge is 0.322 e. The Labute approximate surface area is 142 Å². The highest BCUT2D eigenvalue weighted by Gasteiger charge is 2.34. The van der Waals surface area contributed by atoms with E-state index in [0.717, 1.165) is 11.4 Å². The summed E-state index contributed by atoms with van der Waals surface area (Å²) in [4.78, 5) is 16.4. The number of urea groups is 1. The fourth-order valence-corrected chi connectivity index (χ4v) is 4.08. The Kier molecular flexibility index (Phi) is 4.57. The fraction of sp³-hybridized carbons (Fsp3) is 0.278. The highest BCUT2D eigenvalue weighted by atomic mass is 32.2. The van der Waals surface area contributed by atoms with Crippen molar-refractivity contribution in [2.75, 3.05) is 23.7 Å². The summed E-state index contributed by atoms with van der Waals surface area (Å²) in [7, 11) is -3.10. The molecule has 0 aliphatic carbocycles. The first kappa shape index (κ1) is 16.5. The molecule has 5 nitrogen and oxygen atoms in total. The Morgan fingerprint density at radius 1 is 1.00 bits per heavy atom. The van der Waals surface area contributed by atoms with E-state index in [1.165, 1.54) is 0 Å². The zero-order valence-corrected chi connectivity index (χ0v) is 14.3. The van der Waals surface area contributed by atoms with E-state index in [2.05, 4.69) is 0 Å². The van der Waals surface area contributed by atoms with Gasteiger partial charge >= 0.3 is 6.03 Å². The average Bonchev–Trinajstić information content (AvgIpc) is 2.59. The van der Waals surface area contributed by atoms with Crippen molar-refractivity contribution in [3.63, 3.8) is 0 Å². The third-order valence-corrected chi connectivity index (χ3v) is 6.35. The van der Waals surface area contributed by atoms with Gasteiger partial charge in [0.25, 0.3) is 0 Å². The number of sulfone groups is 1. The Hall–Kier alpha value is -2.34. The molecule has 0 radical (unpaired) electrons. The van der Waals surface area contributed by atoms with E-state index in [4.69, 9.17) is 0 Å². The standard InChI is InChI=1S/C18H20N2O3S/c1-15-14-19(12-13-24(15,22)23)18(21)20(16-8-4-2-5-9-16)17-10-6-3-7-11-17/h2-11,15H,12-14H2,1H3. The van der Waals surface area contributed by atoms with Crippen LogP contribution < -0.4 is 4.90 Å². The lowest BCUT2D eigenvalue weighted by molar-refractivity contribution is 0.208. The van der Waals surface area contributed by atoms with Crippen molar-refractivity contribution in [1.82, 2.24) is 4.90 Å². The van der Waals surface area contributed by atoms with E-state index in [1.54, 1.807) is 16.7 Å². The molecule has 2 aromatic carbocycles. The summed E-state index contributed by atoms with van der Waals surface area (Å²) in [5, 5.41) is -0.538. The van der Waals surface area contributed by atoms with Gasteiger partial charge in [-0.05, 0) is 31.2 Å². The molecular weight excluding hydrogens is 324 g/mol. The first-order valence-electron chi connectivity index (χ1n) is 7.90. The van der Waals surface area contributed by atoms with Gasteiger partial charge < -0.3 is 4.90 Å². The molecular formula is C18H20N2O3S. The van der Waals surface area contributed by atoms with Crippen LogP contribution in [0.2, 0.25) is 0 Å². The van der Waals surface area contributed by atoms with Crippen molar-refractivity contribution < 1.29 is 13.2 Å². The summed E-state index contributed by atoms with van der Waals surface area (Å²) >= 11 is 0. The molecule has 1 heterocycles. The molecule has 1 aliphatic rings. The van der Waals surface area contributed by atoms with Gasteiger partial charge in [-0.15, -0.1) is 0 Å². The number of nitrogens with zero attached hydrogens (tertiary/aromatic N) is 2. The molecule has 1 aliphatic heterocycles. The van der Waals surface area contributed by atoms with Crippen LogP contribution >= 0.6 is 0 Å². The van der Waals surface area contributed by atoms with Gasteiger partial charge in [0.05, 0.1) is 22.4 Å². The molecule has 0 saturated carbocycles. The number of hydrogen-bond donors (Lipinski definition) is 0. The largest absolute Gasteiger partial charge is 0.329 e. The van der Waals surface area contributed by atoms with Crippen molar-refractivity contribution in [3.05, 3.63) is 60.7 Å². The monoisotopic (exact) mass is 344 g/mol. The van der Waals surface area contributed by atoms with Crippen molar-refractivity contribution in [2.45, 2.75) is 12.2 Å². The fourth-order valence-electron chi connectivity index (χ4n) is 2.79. The van der Waals surface area contributed by atoms with Crippen LogP contribution in [-0.2, 0) is 9.84 Å². The Morgan fingerprint density at radius 2 is 1.50 bits per heavy atom. The zero-order valence-electron chi connectivity index (χ0n) is 13.5. The highest BCUT2D eigenvalue weighted by Crippen LogP contribution is 2.27. The summed E-state index contributed by atoms with van der Waals surface area (Å²) < 4.78 is 23.8. The van der Waals surface area contributed by atoms with E-state index < -0.39 is 15.1 Å². The Balaban J connectivity index is 1.93. The van der Waals surface area contributed by atoms with Crippen LogP contribution in [0, 0.1) is 0 Å². The van der Waals surface area contributed by atoms with Gasteiger partial charge in [0.15, 0.2) is 9.84 Å². The van der Waals surface area contributed by atoms with E-state index >= 15 is 0 Å². The molecule has 24 heavy (non-hydrogen) atoms. The van der Waals surface area contributed by atoms with Gasteiger partial charge in [-0.25, -0.2) is 13.2 Å². The molecule has 2 aromatic rings. The SMILES string of the molecule is CC1CN(C(=O)N(c2ccccc2)c2ccccc2)CCS1(=O)=O. The van der Waals surface area contributed by atoms with Gasteiger partial charge in [-0.1, -0.05) is 36.4 Å². The van der Waals surface area contributed by atoms with E-state index in [1.807, 2.05) is 60.7 Å². The molecule has 0 spiro atoms. The number of carbonyl (C=O) groups is 1. The minimum Gasteiger partial charge on any atom is -0.322 e. The lowest BCUT2D eigenvalue weighted by atomic mass is 10.2.